The van der Waals surface area contributed by atoms with Crippen molar-refractivity contribution < 1.29 is 9.31 Å². The standard InChI is InChI=1S/C15H22BNO2/c1-10-8-17-9-12(11-6-7-11)13(10)16-18-14(2,3)15(4,5)19-16/h8-9,11H,6-7H2,1-5H3. The maximum atomic E-state index is 6.20. The van der Waals surface area contributed by atoms with Crippen molar-refractivity contribution in [3.63, 3.8) is 0 Å². The van der Waals surface area contributed by atoms with Gasteiger partial charge in [-0.1, -0.05) is 0 Å². The summed E-state index contributed by atoms with van der Waals surface area (Å²) in [4.78, 5) is 4.34. The van der Waals surface area contributed by atoms with Crippen LogP contribution in [0.3, 0.4) is 0 Å². The van der Waals surface area contributed by atoms with Crippen LogP contribution < -0.4 is 5.46 Å². The van der Waals surface area contributed by atoms with Gasteiger partial charge in [-0.25, -0.2) is 0 Å². The number of nitrogens with zero attached hydrogens (tertiary/aromatic N) is 1. The molecule has 1 saturated heterocycles. The van der Waals surface area contributed by atoms with Crippen molar-refractivity contribution in [3.05, 3.63) is 23.5 Å². The van der Waals surface area contributed by atoms with Crippen LogP contribution in [-0.2, 0) is 9.31 Å². The van der Waals surface area contributed by atoms with Gasteiger partial charge in [0, 0.05) is 12.4 Å². The molecule has 3 nitrogen and oxygen atoms in total. The fraction of sp³-hybridized carbons (Fsp3) is 0.667. The third kappa shape index (κ3) is 2.11. The van der Waals surface area contributed by atoms with Gasteiger partial charge in [0.2, 0.25) is 0 Å². The van der Waals surface area contributed by atoms with Gasteiger partial charge in [0.25, 0.3) is 0 Å². The molecule has 1 aromatic rings. The van der Waals surface area contributed by atoms with E-state index < -0.39 is 0 Å². The Morgan fingerprint density at radius 3 is 2.21 bits per heavy atom. The molecule has 1 aliphatic heterocycles. The first-order valence-corrected chi connectivity index (χ1v) is 7.12. The lowest BCUT2D eigenvalue weighted by Gasteiger charge is -2.32. The quantitative estimate of drug-likeness (QED) is 0.765. The van der Waals surface area contributed by atoms with Crippen molar-refractivity contribution in [3.8, 4) is 0 Å². The SMILES string of the molecule is Cc1cncc(C2CC2)c1B1OC(C)(C)C(C)(C)O1. The summed E-state index contributed by atoms with van der Waals surface area (Å²) in [7, 11) is -0.261. The Morgan fingerprint density at radius 1 is 1.11 bits per heavy atom. The molecule has 2 heterocycles. The minimum absolute atomic E-state index is 0.261. The molecule has 1 saturated carbocycles. The van der Waals surface area contributed by atoms with E-state index in [1.165, 1.54) is 29.4 Å². The second kappa shape index (κ2) is 4.06. The lowest BCUT2D eigenvalue weighted by Crippen LogP contribution is -2.41. The Morgan fingerprint density at radius 2 is 1.68 bits per heavy atom. The molecule has 0 bridgehead atoms. The molecule has 2 aliphatic rings. The molecule has 1 aliphatic carbocycles. The third-order valence-corrected chi connectivity index (χ3v) is 4.72. The Kier molecular flexibility index (Phi) is 2.81. The van der Waals surface area contributed by atoms with Crippen LogP contribution in [0.15, 0.2) is 12.4 Å². The van der Waals surface area contributed by atoms with Gasteiger partial charge in [0.1, 0.15) is 0 Å². The normalized spacial score (nSPS) is 24.8. The largest absolute Gasteiger partial charge is 0.495 e. The molecule has 19 heavy (non-hydrogen) atoms. The van der Waals surface area contributed by atoms with E-state index in [4.69, 9.17) is 9.31 Å². The first-order chi connectivity index (χ1) is 8.82. The molecule has 0 unspecified atom stereocenters. The molecule has 0 atom stereocenters. The molecule has 4 heteroatoms. The summed E-state index contributed by atoms with van der Waals surface area (Å²) in [6, 6.07) is 0. The van der Waals surface area contributed by atoms with Crippen LogP contribution in [0, 0.1) is 6.92 Å². The van der Waals surface area contributed by atoms with Crippen LogP contribution in [0.4, 0.5) is 0 Å². The Labute approximate surface area is 115 Å². The van der Waals surface area contributed by atoms with Crippen molar-refractivity contribution in [1.82, 2.24) is 4.98 Å². The second-order valence-corrected chi connectivity index (χ2v) is 6.82. The lowest BCUT2D eigenvalue weighted by atomic mass is 9.73. The minimum Gasteiger partial charge on any atom is -0.399 e. The van der Waals surface area contributed by atoms with Gasteiger partial charge in [-0.2, -0.15) is 0 Å². The van der Waals surface area contributed by atoms with E-state index in [-0.39, 0.29) is 18.3 Å². The summed E-state index contributed by atoms with van der Waals surface area (Å²) in [5, 5.41) is 0. The van der Waals surface area contributed by atoms with E-state index in [0.29, 0.717) is 5.92 Å². The number of hydrogen-bond acceptors (Lipinski definition) is 3. The molecule has 0 spiro atoms. The van der Waals surface area contributed by atoms with E-state index in [9.17, 15) is 0 Å². The highest BCUT2D eigenvalue weighted by Gasteiger charge is 2.53. The fourth-order valence-electron chi connectivity index (χ4n) is 2.60. The van der Waals surface area contributed by atoms with Crippen LogP contribution >= 0.6 is 0 Å². The number of aromatic nitrogens is 1. The van der Waals surface area contributed by atoms with Gasteiger partial charge in [-0.05, 0) is 70.0 Å². The molecule has 1 aromatic heterocycles. The molecule has 0 aromatic carbocycles. The van der Waals surface area contributed by atoms with Crippen LogP contribution in [0.25, 0.3) is 0 Å². The third-order valence-electron chi connectivity index (χ3n) is 4.72. The molecular weight excluding hydrogens is 237 g/mol. The molecule has 0 amide bonds. The first kappa shape index (κ1) is 13.1. The zero-order valence-corrected chi connectivity index (χ0v) is 12.5. The number of hydrogen-bond donors (Lipinski definition) is 0. The maximum absolute atomic E-state index is 6.20. The van der Waals surface area contributed by atoms with Crippen molar-refractivity contribution in [2.24, 2.45) is 0 Å². The van der Waals surface area contributed by atoms with Gasteiger partial charge in [0.15, 0.2) is 0 Å². The van der Waals surface area contributed by atoms with Crippen molar-refractivity contribution in [1.29, 1.82) is 0 Å². The number of aryl methyl sites for hydroxylation is 1. The summed E-state index contributed by atoms with van der Waals surface area (Å²) in [5.41, 5.74) is 3.13. The van der Waals surface area contributed by atoms with Crippen molar-refractivity contribution in [2.75, 3.05) is 0 Å². The molecule has 3 rings (SSSR count). The summed E-state index contributed by atoms with van der Waals surface area (Å²) < 4.78 is 12.4. The maximum Gasteiger partial charge on any atom is 0.495 e. The second-order valence-electron chi connectivity index (χ2n) is 6.82. The van der Waals surface area contributed by atoms with Crippen LogP contribution in [0.2, 0.25) is 0 Å². The number of rotatable bonds is 2. The minimum atomic E-state index is -0.284. The molecule has 2 fully saturated rings. The predicted molar refractivity (Wildman–Crippen MR) is 76.7 cm³/mol. The van der Waals surface area contributed by atoms with Gasteiger partial charge in [-0.3, -0.25) is 4.98 Å². The van der Waals surface area contributed by atoms with E-state index in [2.05, 4.69) is 39.6 Å². The highest BCUT2D eigenvalue weighted by molar-refractivity contribution is 6.63. The smallest absolute Gasteiger partial charge is 0.399 e. The van der Waals surface area contributed by atoms with Gasteiger partial charge in [-0.15, -0.1) is 0 Å². The van der Waals surface area contributed by atoms with Crippen molar-refractivity contribution in [2.45, 2.75) is 64.6 Å². The Bertz CT molecular complexity index is 493. The summed E-state index contributed by atoms with van der Waals surface area (Å²) >= 11 is 0. The molecular formula is C15H22BNO2. The Balaban J connectivity index is 2.00. The van der Waals surface area contributed by atoms with Gasteiger partial charge >= 0.3 is 7.12 Å². The van der Waals surface area contributed by atoms with Crippen molar-refractivity contribution >= 4 is 12.6 Å². The highest BCUT2D eigenvalue weighted by atomic mass is 16.7. The van der Waals surface area contributed by atoms with Crippen LogP contribution in [0.1, 0.15) is 57.6 Å². The summed E-state index contributed by atoms with van der Waals surface area (Å²) in [6.45, 7) is 10.5. The molecule has 0 N–H and O–H groups in total. The van der Waals surface area contributed by atoms with E-state index in [1.807, 2.05) is 12.4 Å². The van der Waals surface area contributed by atoms with E-state index >= 15 is 0 Å². The zero-order valence-electron chi connectivity index (χ0n) is 12.5. The average Bonchev–Trinajstić information content (AvgIpc) is 3.07. The monoisotopic (exact) mass is 259 g/mol. The highest BCUT2D eigenvalue weighted by Crippen LogP contribution is 2.41. The van der Waals surface area contributed by atoms with E-state index in [1.54, 1.807) is 0 Å². The lowest BCUT2D eigenvalue weighted by molar-refractivity contribution is 0.00578. The Hall–Kier alpha value is -0.865. The predicted octanol–water partition coefficient (Wildman–Crippen LogP) is 2.57. The topological polar surface area (TPSA) is 31.4 Å². The fourth-order valence-corrected chi connectivity index (χ4v) is 2.60. The average molecular weight is 259 g/mol. The molecule has 0 radical (unpaired) electrons. The summed E-state index contributed by atoms with van der Waals surface area (Å²) in [5.74, 6) is 0.654. The zero-order chi connectivity index (χ0) is 13.8. The van der Waals surface area contributed by atoms with Gasteiger partial charge in [0.05, 0.1) is 11.2 Å². The number of pyridine rings is 1. The first-order valence-electron chi connectivity index (χ1n) is 7.12. The summed E-state index contributed by atoms with van der Waals surface area (Å²) in [6.07, 6.45) is 6.42. The van der Waals surface area contributed by atoms with Crippen LogP contribution in [-0.4, -0.2) is 23.3 Å². The van der Waals surface area contributed by atoms with Gasteiger partial charge < -0.3 is 9.31 Å². The van der Waals surface area contributed by atoms with Crippen LogP contribution in [0.5, 0.6) is 0 Å². The van der Waals surface area contributed by atoms with E-state index in [0.717, 1.165) is 0 Å². The molecule has 102 valence electrons.